The zero-order chi connectivity index (χ0) is 12.0. The lowest BCUT2D eigenvalue weighted by Gasteiger charge is -2.13. The molecule has 0 aliphatic carbocycles. The van der Waals surface area contributed by atoms with Crippen molar-refractivity contribution in [3.8, 4) is 0 Å². The van der Waals surface area contributed by atoms with Crippen LogP contribution in [0.15, 0.2) is 18.2 Å². The molecule has 0 spiro atoms. The van der Waals surface area contributed by atoms with Crippen LogP contribution >= 0.6 is 23.2 Å². The summed E-state index contributed by atoms with van der Waals surface area (Å²) in [7, 11) is 1.63. The number of halogens is 2. The average Bonchev–Trinajstić information content (AvgIpc) is 2.27. The third-order valence-corrected chi connectivity index (χ3v) is 2.72. The van der Waals surface area contributed by atoms with Gasteiger partial charge in [-0.25, -0.2) is 0 Å². The van der Waals surface area contributed by atoms with Gasteiger partial charge in [0.05, 0.1) is 12.7 Å². The Hall–Kier alpha value is -0.320. The van der Waals surface area contributed by atoms with Gasteiger partial charge in [-0.05, 0) is 18.2 Å². The molecule has 1 unspecified atom stereocenters. The topological polar surface area (TPSA) is 41.5 Å². The number of aliphatic hydroxyl groups is 1. The van der Waals surface area contributed by atoms with Crippen molar-refractivity contribution < 1.29 is 9.84 Å². The van der Waals surface area contributed by atoms with E-state index in [0.29, 0.717) is 35.3 Å². The van der Waals surface area contributed by atoms with Crippen molar-refractivity contribution in [2.45, 2.75) is 6.10 Å². The summed E-state index contributed by atoms with van der Waals surface area (Å²) >= 11 is 11.8. The fraction of sp³-hybridized carbons (Fsp3) is 0.455. The fourth-order valence-electron chi connectivity index (χ4n) is 1.29. The Morgan fingerprint density at radius 2 is 2.19 bits per heavy atom. The van der Waals surface area contributed by atoms with Crippen LogP contribution in [0.5, 0.6) is 0 Å². The van der Waals surface area contributed by atoms with Crippen LogP contribution in [0.3, 0.4) is 0 Å². The molecule has 1 aromatic carbocycles. The number of methoxy groups -OCH3 is 1. The Bertz CT molecular complexity index is 334. The maximum absolute atomic E-state index is 9.88. The Labute approximate surface area is 105 Å². The highest BCUT2D eigenvalue weighted by atomic mass is 35.5. The second-order valence-corrected chi connectivity index (χ2v) is 4.22. The quantitative estimate of drug-likeness (QED) is 0.774. The fourth-order valence-corrected chi connectivity index (χ4v) is 1.72. The Kier molecular flexibility index (Phi) is 6.09. The van der Waals surface area contributed by atoms with E-state index in [9.17, 15) is 5.11 Å². The Morgan fingerprint density at radius 3 is 2.88 bits per heavy atom. The van der Waals surface area contributed by atoms with Crippen LogP contribution < -0.4 is 5.32 Å². The highest BCUT2D eigenvalue weighted by Gasteiger charge is 2.11. The molecule has 0 bridgehead atoms. The van der Waals surface area contributed by atoms with E-state index in [-0.39, 0.29) is 0 Å². The summed E-state index contributed by atoms with van der Waals surface area (Å²) < 4.78 is 4.88. The molecule has 1 aromatic rings. The first-order valence-corrected chi connectivity index (χ1v) is 5.73. The van der Waals surface area contributed by atoms with Crippen molar-refractivity contribution in [2.24, 2.45) is 0 Å². The molecule has 1 rings (SSSR count). The minimum atomic E-state index is -0.664. The molecule has 0 saturated carbocycles. The second kappa shape index (κ2) is 7.09. The molecule has 2 N–H and O–H groups in total. The van der Waals surface area contributed by atoms with Gasteiger partial charge in [0, 0.05) is 35.8 Å². The SMILES string of the molecule is COCCNCC(O)c1cc(Cl)ccc1Cl. The largest absolute Gasteiger partial charge is 0.387 e. The predicted molar refractivity (Wildman–Crippen MR) is 66.2 cm³/mol. The minimum absolute atomic E-state index is 0.420. The number of rotatable bonds is 6. The number of hydrogen-bond donors (Lipinski definition) is 2. The van der Waals surface area contributed by atoms with Gasteiger partial charge in [0.1, 0.15) is 0 Å². The lowest BCUT2D eigenvalue weighted by Crippen LogP contribution is -2.25. The summed E-state index contributed by atoms with van der Waals surface area (Å²) in [5.41, 5.74) is 0.638. The monoisotopic (exact) mass is 263 g/mol. The van der Waals surface area contributed by atoms with E-state index >= 15 is 0 Å². The molecule has 0 saturated heterocycles. The first-order valence-electron chi connectivity index (χ1n) is 4.98. The number of nitrogens with one attached hydrogen (secondary N) is 1. The highest BCUT2D eigenvalue weighted by molar-refractivity contribution is 6.33. The smallest absolute Gasteiger partial charge is 0.0929 e. The lowest BCUT2D eigenvalue weighted by atomic mass is 10.1. The molecule has 0 heterocycles. The maximum Gasteiger partial charge on any atom is 0.0929 e. The molecule has 16 heavy (non-hydrogen) atoms. The molecule has 0 radical (unpaired) electrons. The molecular formula is C11H15Cl2NO2. The predicted octanol–water partition coefficient (Wildman–Crippen LogP) is 2.26. The minimum Gasteiger partial charge on any atom is -0.387 e. The summed E-state index contributed by atoms with van der Waals surface area (Å²) in [6.45, 7) is 1.71. The molecule has 0 aliphatic heterocycles. The van der Waals surface area contributed by atoms with Crippen molar-refractivity contribution in [3.05, 3.63) is 33.8 Å². The Morgan fingerprint density at radius 1 is 1.44 bits per heavy atom. The number of aliphatic hydroxyl groups excluding tert-OH is 1. The molecular weight excluding hydrogens is 249 g/mol. The summed E-state index contributed by atoms with van der Waals surface area (Å²) in [6.07, 6.45) is -0.664. The maximum atomic E-state index is 9.88. The molecule has 0 fully saturated rings. The van der Waals surface area contributed by atoms with E-state index in [2.05, 4.69) is 5.32 Å². The van der Waals surface area contributed by atoms with E-state index in [1.165, 1.54) is 0 Å². The van der Waals surface area contributed by atoms with E-state index in [1.807, 2.05) is 0 Å². The van der Waals surface area contributed by atoms with Gasteiger partial charge in [-0.15, -0.1) is 0 Å². The molecule has 0 amide bonds. The normalized spacial score (nSPS) is 12.8. The molecule has 0 aromatic heterocycles. The highest BCUT2D eigenvalue weighted by Crippen LogP contribution is 2.25. The molecule has 1 atom stereocenters. The third kappa shape index (κ3) is 4.28. The Balaban J connectivity index is 2.51. The molecule has 5 heteroatoms. The van der Waals surface area contributed by atoms with Crippen LogP contribution in [-0.4, -0.2) is 31.9 Å². The van der Waals surface area contributed by atoms with Gasteiger partial charge in [-0.1, -0.05) is 23.2 Å². The van der Waals surface area contributed by atoms with Crippen LogP contribution in [0.4, 0.5) is 0 Å². The zero-order valence-corrected chi connectivity index (χ0v) is 10.6. The number of ether oxygens (including phenoxy) is 1. The van der Waals surface area contributed by atoms with Crippen LogP contribution in [0, 0.1) is 0 Å². The first-order chi connectivity index (χ1) is 7.65. The van der Waals surface area contributed by atoms with Gasteiger partial charge in [0.15, 0.2) is 0 Å². The van der Waals surface area contributed by atoms with E-state index in [4.69, 9.17) is 27.9 Å². The lowest BCUT2D eigenvalue weighted by molar-refractivity contribution is 0.161. The standard InChI is InChI=1S/C11H15Cl2NO2/c1-16-5-4-14-7-11(15)9-6-8(12)2-3-10(9)13/h2-3,6,11,14-15H,4-5,7H2,1H3. The van der Waals surface area contributed by atoms with Crippen molar-refractivity contribution in [2.75, 3.05) is 26.8 Å². The van der Waals surface area contributed by atoms with E-state index in [0.717, 1.165) is 0 Å². The zero-order valence-electron chi connectivity index (χ0n) is 9.04. The van der Waals surface area contributed by atoms with Crippen molar-refractivity contribution in [1.29, 1.82) is 0 Å². The van der Waals surface area contributed by atoms with Gasteiger partial charge in [-0.2, -0.15) is 0 Å². The summed E-state index contributed by atoms with van der Waals surface area (Å²) in [5.74, 6) is 0. The summed E-state index contributed by atoms with van der Waals surface area (Å²) in [5, 5.41) is 14.0. The second-order valence-electron chi connectivity index (χ2n) is 3.38. The van der Waals surface area contributed by atoms with E-state index in [1.54, 1.807) is 25.3 Å². The van der Waals surface area contributed by atoms with E-state index < -0.39 is 6.10 Å². The number of benzene rings is 1. The first kappa shape index (κ1) is 13.7. The van der Waals surface area contributed by atoms with Gasteiger partial charge < -0.3 is 15.2 Å². The van der Waals surface area contributed by atoms with Crippen LogP contribution in [0.1, 0.15) is 11.7 Å². The summed E-state index contributed by atoms with van der Waals surface area (Å²) in [6, 6.07) is 5.04. The van der Waals surface area contributed by atoms with Crippen LogP contribution in [0.2, 0.25) is 10.0 Å². The van der Waals surface area contributed by atoms with Gasteiger partial charge >= 0.3 is 0 Å². The average molecular weight is 264 g/mol. The number of hydrogen-bond acceptors (Lipinski definition) is 3. The molecule has 0 aliphatic rings. The van der Waals surface area contributed by atoms with Crippen molar-refractivity contribution >= 4 is 23.2 Å². The molecule has 3 nitrogen and oxygen atoms in total. The van der Waals surface area contributed by atoms with Crippen LogP contribution in [-0.2, 0) is 4.74 Å². The summed E-state index contributed by atoms with van der Waals surface area (Å²) in [4.78, 5) is 0. The van der Waals surface area contributed by atoms with Gasteiger partial charge in [0.2, 0.25) is 0 Å². The van der Waals surface area contributed by atoms with Crippen LogP contribution in [0.25, 0.3) is 0 Å². The van der Waals surface area contributed by atoms with Crippen molar-refractivity contribution in [3.63, 3.8) is 0 Å². The third-order valence-electron chi connectivity index (χ3n) is 2.14. The molecule has 90 valence electrons. The van der Waals surface area contributed by atoms with Crippen molar-refractivity contribution in [1.82, 2.24) is 5.32 Å². The van der Waals surface area contributed by atoms with Gasteiger partial charge in [-0.3, -0.25) is 0 Å². The van der Waals surface area contributed by atoms with Gasteiger partial charge in [0.25, 0.3) is 0 Å².